The van der Waals surface area contributed by atoms with Crippen LogP contribution >= 0.6 is 0 Å². The van der Waals surface area contributed by atoms with Gasteiger partial charge in [0.25, 0.3) is 0 Å². The van der Waals surface area contributed by atoms with E-state index in [1.807, 2.05) is 0 Å². The Balaban J connectivity index is 0.926. The van der Waals surface area contributed by atoms with Crippen molar-refractivity contribution in [1.82, 2.24) is 21.3 Å². The molecule has 0 aliphatic rings. The normalized spacial score (nSPS) is 11.8. The van der Waals surface area contributed by atoms with Crippen LogP contribution in [0.25, 0.3) is 0 Å². The van der Waals surface area contributed by atoms with Crippen LogP contribution in [0.5, 0.6) is 0 Å². The largest absolute Gasteiger partial charge is 0.315 e. The fraction of sp³-hybridized carbons (Fsp3) is 0.250. The van der Waals surface area contributed by atoms with Crippen LogP contribution in [0, 0.1) is 0 Å². The smallest absolute Gasteiger partial charge is 0.0948 e. The SMILES string of the molecule is c1ccc(C(NCCNCCCCCCNCCNC(c2ccccc2)(c2ccccc2)c2ccccc2)(c2ccccc2)c2ccccc2)cc1. The standard InChI is InChI=1S/C48H54N4/c1(21-35-49-37-39-51-47(41-23-9-3-10-24-41,42-25-11-4-12-26-42)43-27-13-5-14-28-43)2-22-36-50-38-40-52-48(44-29-15-6-16-30-44,45-31-17-7-18-32-45)46-33-19-8-20-34-46/h3-20,23-34,49-52H,1-2,21-22,35-40H2. The molecule has 0 aliphatic carbocycles. The maximum atomic E-state index is 3.98. The number of benzene rings is 6. The lowest BCUT2D eigenvalue weighted by Gasteiger charge is -2.37. The van der Waals surface area contributed by atoms with Crippen LogP contribution in [-0.2, 0) is 11.1 Å². The first-order valence-corrected chi connectivity index (χ1v) is 19.1. The fourth-order valence-electron chi connectivity index (χ4n) is 7.52. The molecule has 0 amide bonds. The molecule has 4 heteroatoms. The van der Waals surface area contributed by atoms with Crippen LogP contribution < -0.4 is 21.3 Å². The Morgan fingerprint density at radius 1 is 0.250 bits per heavy atom. The van der Waals surface area contributed by atoms with Gasteiger partial charge in [-0.3, -0.25) is 10.6 Å². The molecule has 266 valence electrons. The third-order valence-electron chi connectivity index (χ3n) is 10.1. The lowest BCUT2D eigenvalue weighted by Crippen LogP contribution is -2.47. The number of hydrogen-bond acceptors (Lipinski definition) is 4. The lowest BCUT2D eigenvalue weighted by molar-refractivity contribution is 0.456. The molecule has 0 saturated carbocycles. The van der Waals surface area contributed by atoms with Crippen molar-refractivity contribution in [2.75, 3.05) is 39.3 Å². The van der Waals surface area contributed by atoms with Gasteiger partial charge < -0.3 is 10.6 Å². The quantitative estimate of drug-likeness (QED) is 0.0452. The van der Waals surface area contributed by atoms with Gasteiger partial charge in [-0.15, -0.1) is 0 Å². The van der Waals surface area contributed by atoms with E-state index < -0.39 is 11.1 Å². The van der Waals surface area contributed by atoms with Gasteiger partial charge in [0.05, 0.1) is 11.1 Å². The van der Waals surface area contributed by atoms with Crippen molar-refractivity contribution in [3.63, 3.8) is 0 Å². The molecular formula is C48H54N4. The summed E-state index contributed by atoms with van der Waals surface area (Å²) in [6.07, 6.45) is 4.86. The molecule has 0 heterocycles. The molecule has 52 heavy (non-hydrogen) atoms. The zero-order valence-corrected chi connectivity index (χ0v) is 30.4. The predicted molar refractivity (Wildman–Crippen MR) is 219 cm³/mol. The van der Waals surface area contributed by atoms with Gasteiger partial charge in [0.15, 0.2) is 0 Å². The summed E-state index contributed by atoms with van der Waals surface area (Å²) in [6, 6.07) is 65.0. The Kier molecular flexibility index (Phi) is 14.0. The van der Waals surface area contributed by atoms with Gasteiger partial charge in [0.2, 0.25) is 0 Å². The van der Waals surface area contributed by atoms with E-state index in [1.54, 1.807) is 0 Å². The van der Waals surface area contributed by atoms with Crippen LogP contribution in [0.2, 0.25) is 0 Å². The minimum absolute atomic E-state index is 0.417. The average molecular weight is 687 g/mol. The Morgan fingerprint density at radius 2 is 0.481 bits per heavy atom. The topological polar surface area (TPSA) is 48.1 Å². The third-order valence-corrected chi connectivity index (χ3v) is 10.1. The number of hydrogen-bond donors (Lipinski definition) is 4. The van der Waals surface area contributed by atoms with Crippen LogP contribution in [0.1, 0.15) is 59.1 Å². The Labute approximate surface area is 311 Å². The third kappa shape index (κ3) is 9.14. The molecule has 0 radical (unpaired) electrons. The highest BCUT2D eigenvalue weighted by Gasteiger charge is 2.36. The molecule has 0 atom stereocenters. The Hall–Kier alpha value is -4.84. The molecule has 4 N–H and O–H groups in total. The monoisotopic (exact) mass is 686 g/mol. The number of unbranched alkanes of at least 4 members (excludes halogenated alkanes) is 3. The molecule has 6 aromatic carbocycles. The van der Waals surface area contributed by atoms with Crippen molar-refractivity contribution >= 4 is 0 Å². The molecule has 4 nitrogen and oxygen atoms in total. The van der Waals surface area contributed by atoms with E-state index in [2.05, 4.69) is 203 Å². The first kappa shape index (κ1) is 36.9. The van der Waals surface area contributed by atoms with E-state index >= 15 is 0 Å². The molecule has 6 rings (SSSR count). The summed E-state index contributed by atoms with van der Waals surface area (Å²) in [5, 5.41) is 15.4. The van der Waals surface area contributed by atoms with Crippen LogP contribution in [-0.4, -0.2) is 39.3 Å². The van der Waals surface area contributed by atoms with Gasteiger partial charge in [0, 0.05) is 26.2 Å². The number of nitrogens with one attached hydrogen (secondary N) is 4. The van der Waals surface area contributed by atoms with Gasteiger partial charge >= 0.3 is 0 Å². The van der Waals surface area contributed by atoms with Crippen molar-refractivity contribution in [3.05, 3.63) is 215 Å². The molecule has 6 aromatic rings. The zero-order chi connectivity index (χ0) is 35.6. The van der Waals surface area contributed by atoms with Crippen molar-refractivity contribution in [3.8, 4) is 0 Å². The van der Waals surface area contributed by atoms with Gasteiger partial charge in [-0.05, 0) is 59.3 Å². The van der Waals surface area contributed by atoms with Crippen molar-refractivity contribution in [2.45, 2.75) is 36.8 Å². The van der Waals surface area contributed by atoms with E-state index in [9.17, 15) is 0 Å². The molecule has 0 unspecified atom stereocenters. The first-order valence-electron chi connectivity index (χ1n) is 19.1. The second-order valence-corrected chi connectivity index (χ2v) is 13.5. The van der Waals surface area contributed by atoms with E-state index in [-0.39, 0.29) is 0 Å². The summed E-state index contributed by atoms with van der Waals surface area (Å²) in [5.74, 6) is 0. The van der Waals surface area contributed by atoms with E-state index in [0.717, 1.165) is 39.3 Å². The first-order chi connectivity index (χ1) is 25.8. The van der Waals surface area contributed by atoms with Gasteiger partial charge in [-0.2, -0.15) is 0 Å². The van der Waals surface area contributed by atoms with Gasteiger partial charge in [-0.1, -0.05) is 195 Å². The molecule has 0 aromatic heterocycles. The molecular weight excluding hydrogens is 633 g/mol. The minimum atomic E-state index is -0.417. The number of rotatable bonds is 21. The summed E-state index contributed by atoms with van der Waals surface area (Å²) < 4.78 is 0. The summed E-state index contributed by atoms with van der Waals surface area (Å²) >= 11 is 0. The maximum absolute atomic E-state index is 3.98. The van der Waals surface area contributed by atoms with Crippen molar-refractivity contribution in [1.29, 1.82) is 0 Å². The average Bonchev–Trinajstić information content (AvgIpc) is 3.23. The van der Waals surface area contributed by atoms with E-state index in [1.165, 1.54) is 59.1 Å². The summed E-state index contributed by atoms with van der Waals surface area (Å²) in [4.78, 5) is 0. The maximum Gasteiger partial charge on any atom is 0.0948 e. The highest BCUT2D eigenvalue weighted by molar-refractivity contribution is 5.50. The van der Waals surface area contributed by atoms with Gasteiger partial charge in [-0.25, -0.2) is 0 Å². The van der Waals surface area contributed by atoms with Crippen LogP contribution in [0.15, 0.2) is 182 Å². The highest BCUT2D eigenvalue weighted by Crippen LogP contribution is 2.37. The lowest BCUT2D eigenvalue weighted by atomic mass is 9.77. The van der Waals surface area contributed by atoms with Crippen molar-refractivity contribution in [2.24, 2.45) is 0 Å². The second-order valence-electron chi connectivity index (χ2n) is 13.5. The molecule has 0 saturated heterocycles. The summed E-state index contributed by atoms with van der Waals surface area (Å²) in [6.45, 7) is 5.62. The van der Waals surface area contributed by atoms with Crippen molar-refractivity contribution < 1.29 is 0 Å². The Morgan fingerprint density at radius 3 is 0.712 bits per heavy atom. The van der Waals surface area contributed by atoms with Gasteiger partial charge in [0.1, 0.15) is 0 Å². The molecule has 0 aliphatic heterocycles. The Bertz CT molecular complexity index is 1480. The summed E-state index contributed by atoms with van der Waals surface area (Å²) in [5.41, 5.74) is 6.67. The van der Waals surface area contributed by atoms with E-state index in [0.29, 0.717) is 0 Å². The molecule has 0 bridgehead atoms. The summed E-state index contributed by atoms with van der Waals surface area (Å²) in [7, 11) is 0. The molecule has 0 fully saturated rings. The second kappa shape index (κ2) is 19.7. The van der Waals surface area contributed by atoms with Crippen LogP contribution in [0.4, 0.5) is 0 Å². The fourth-order valence-corrected chi connectivity index (χ4v) is 7.52. The highest BCUT2D eigenvalue weighted by atomic mass is 15.0. The van der Waals surface area contributed by atoms with E-state index in [4.69, 9.17) is 0 Å². The zero-order valence-electron chi connectivity index (χ0n) is 30.4. The van der Waals surface area contributed by atoms with Crippen LogP contribution in [0.3, 0.4) is 0 Å². The molecule has 0 spiro atoms. The predicted octanol–water partition coefficient (Wildman–Crippen LogP) is 8.89. The minimum Gasteiger partial charge on any atom is -0.315 e.